The Hall–Kier alpha value is -0.490. The predicted molar refractivity (Wildman–Crippen MR) is 110 cm³/mol. The summed E-state index contributed by atoms with van der Waals surface area (Å²) < 4.78 is 36.8. The van der Waals surface area contributed by atoms with Crippen molar-refractivity contribution in [3.8, 4) is 10.8 Å². The molecule has 0 bridgehead atoms. The normalized spacial score (nSPS) is 11.2. The molecular weight excluding hydrogens is 410 g/mol. The molecule has 0 unspecified atom stereocenters. The molecule has 0 saturated heterocycles. The molecule has 134 valence electrons. The first-order valence-corrected chi connectivity index (χ1v) is 9.34. The van der Waals surface area contributed by atoms with Crippen LogP contribution in [0.3, 0.4) is 0 Å². The van der Waals surface area contributed by atoms with Crippen molar-refractivity contribution in [2.75, 3.05) is 7.11 Å². The van der Waals surface area contributed by atoms with Crippen LogP contribution in [0.2, 0.25) is 0 Å². The van der Waals surface area contributed by atoms with Crippen molar-refractivity contribution in [2.24, 2.45) is 10.2 Å². The molecule has 3 rings (SSSR count). The van der Waals surface area contributed by atoms with Gasteiger partial charge in [0.15, 0.2) is 5.06 Å². The van der Waals surface area contributed by atoms with Crippen LogP contribution in [0.25, 0.3) is 10.8 Å². The Morgan fingerprint density at radius 3 is 2.37 bits per heavy atom. The number of hydrogen-bond acceptors (Lipinski definition) is 7. The molecule has 27 heavy (non-hydrogen) atoms. The Bertz CT molecular complexity index is 1100. The molecule has 1 heterocycles. The molecule has 0 aliphatic carbocycles. The quantitative estimate of drug-likeness (QED) is 0.378. The van der Waals surface area contributed by atoms with Gasteiger partial charge in [-0.1, -0.05) is 12.1 Å². The zero-order valence-electron chi connectivity index (χ0n) is 13.3. The number of aromatic hydroxyl groups is 1. The second kappa shape index (κ2) is 9.82. The first kappa shape index (κ1) is 24.5. The van der Waals surface area contributed by atoms with E-state index in [9.17, 15) is 13.5 Å². The summed E-state index contributed by atoms with van der Waals surface area (Å²) in [6, 6.07) is 8.69. The van der Waals surface area contributed by atoms with E-state index in [4.69, 9.17) is 9.29 Å². The zero-order valence-corrected chi connectivity index (χ0v) is 14.9. The van der Waals surface area contributed by atoms with Gasteiger partial charge in [0.2, 0.25) is 0 Å². The minimum atomic E-state index is -4.31. The van der Waals surface area contributed by atoms with Gasteiger partial charge in [0, 0.05) is 16.3 Å². The van der Waals surface area contributed by atoms with Gasteiger partial charge in [-0.25, -0.2) is 0 Å². The maximum absolute atomic E-state index is 11.3. The molecule has 0 fully saturated rings. The van der Waals surface area contributed by atoms with Crippen molar-refractivity contribution in [1.82, 2.24) is 0 Å². The molecule has 0 saturated carbocycles. The number of methoxy groups -OCH3 is 1. The van der Waals surface area contributed by atoms with E-state index in [1.165, 1.54) is 41.7 Å². The number of nitrogens with zero attached hydrogens (tertiary/aromatic N) is 2. The van der Waals surface area contributed by atoms with Gasteiger partial charge in [0.25, 0.3) is 10.1 Å². The molecule has 0 amide bonds. The maximum atomic E-state index is 11.3. The molecule has 0 aliphatic heterocycles. The first-order valence-electron chi connectivity index (χ1n) is 7.09. The Labute approximate surface area is 204 Å². The third-order valence-electron chi connectivity index (χ3n) is 3.57. The Kier molecular flexibility index (Phi) is 8.93. The van der Waals surface area contributed by atoms with Crippen molar-refractivity contribution in [1.29, 1.82) is 0 Å². The summed E-state index contributed by atoms with van der Waals surface area (Å²) in [5.74, 6) is -0.0873. The van der Waals surface area contributed by atoms with E-state index in [0.717, 1.165) is 4.88 Å². The van der Waals surface area contributed by atoms with Crippen LogP contribution in [-0.2, 0) is 10.1 Å². The number of phenolic OH excluding ortho intramolecular Hbond substituents is 1. The van der Waals surface area contributed by atoms with Crippen molar-refractivity contribution < 1.29 is 22.8 Å². The average Bonchev–Trinajstić information content (AvgIpc) is 2.93. The summed E-state index contributed by atoms with van der Waals surface area (Å²) in [5.41, 5.74) is 0.830. The molecule has 0 atom stereocenters. The van der Waals surface area contributed by atoms with Gasteiger partial charge in [0.05, 0.1) is 12.0 Å². The molecule has 0 spiro atoms. The number of ether oxygens (including phenoxy) is 1. The van der Waals surface area contributed by atoms with Crippen LogP contribution in [0.4, 0.5) is 11.4 Å². The molecule has 11 heteroatoms. The molecule has 2 aromatic carbocycles. The first-order chi connectivity index (χ1) is 11.8. The van der Waals surface area contributed by atoms with E-state index in [2.05, 4.69) is 10.2 Å². The third-order valence-corrected chi connectivity index (χ3v) is 5.42. The van der Waals surface area contributed by atoms with Crippen molar-refractivity contribution in [2.45, 2.75) is 11.8 Å². The predicted octanol–water partition coefficient (Wildman–Crippen LogP) is 3.29. The van der Waals surface area contributed by atoms with Gasteiger partial charge in [-0.2, -0.15) is 8.42 Å². The minimum absolute atomic E-state index is 0. The van der Waals surface area contributed by atoms with Crippen molar-refractivity contribution in [3.05, 3.63) is 41.3 Å². The molecule has 1 aromatic heterocycles. The third kappa shape index (κ3) is 5.53. The Balaban J connectivity index is 0.00000182. The Morgan fingerprint density at radius 2 is 1.78 bits per heavy atom. The van der Waals surface area contributed by atoms with E-state index in [1.54, 1.807) is 13.2 Å². The average molecular weight is 426 g/mol. The molecule has 0 radical (unpaired) electrons. The van der Waals surface area contributed by atoms with E-state index < -0.39 is 10.1 Å². The molecular formula is C16H16N2Na2O5S2. The Morgan fingerprint density at radius 1 is 1.07 bits per heavy atom. The van der Waals surface area contributed by atoms with Crippen LogP contribution in [0.1, 0.15) is 4.88 Å². The van der Waals surface area contributed by atoms with Crippen LogP contribution < -0.4 is 4.74 Å². The van der Waals surface area contributed by atoms with Gasteiger partial charge in [-0.3, -0.25) is 4.55 Å². The SMILES string of the molecule is COc1cc(N=Nc2c(O)ccc3cc(S(=O)(=O)O)ccc23)c(C)s1.[NaH].[NaH]. The van der Waals surface area contributed by atoms with Gasteiger partial charge in [-0.15, -0.1) is 21.6 Å². The van der Waals surface area contributed by atoms with E-state index in [-0.39, 0.29) is 75.4 Å². The number of aryl methyl sites for hydroxylation is 1. The van der Waals surface area contributed by atoms with Gasteiger partial charge in [-0.05, 0) is 30.5 Å². The molecule has 0 aliphatic rings. The molecule has 2 N–H and O–H groups in total. The van der Waals surface area contributed by atoms with Gasteiger partial charge < -0.3 is 9.84 Å². The number of azo groups is 1. The van der Waals surface area contributed by atoms with Crippen molar-refractivity contribution in [3.63, 3.8) is 0 Å². The van der Waals surface area contributed by atoms with Crippen LogP contribution in [0.5, 0.6) is 10.8 Å². The fourth-order valence-corrected chi connectivity index (χ4v) is 3.57. The summed E-state index contributed by atoms with van der Waals surface area (Å²) in [4.78, 5) is 0.681. The summed E-state index contributed by atoms with van der Waals surface area (Å²) in [5, 5.41) is 20.1. The second-order valence-electron chi connectivity index (χ2n) is 5.20. The van der Waals surface area contributed by atoms with Gasteiger partial charge in [0.1, 0.15) is 17.1 Å². The van der Waals surface area contributed by atoms with E-state index in [1.807, 2.05) is 6.92 Å². The number of rotatable bonds is 4. The summed E-state index contributed by atoms with van der Waals surface area (Å²) in [6.45, 7) is 1.88. The molecule has 7 nitrogen and oxygen atoms in total. The van der Waals surface area contributed by atoms with Crippen LogP contribution in [0.15, 0.2) is 51.5 Å². The number of thiophene rings is 1. The monoisotopic (exact) mass is 426 g/mol. The zero-order chi connectivity index (χ0) is 18.2. The van der Waals surface area contributed by atoms with Crippen molar-refractivity contribution >= 4 is 103 Å². The summed E-state index contributed by atoms with van der Waals surface area (Å²) in [6.07, 6.45) is 0. The van der Waals surface area contributed by atoms with Crippen LogP contribution >= 0.6 is 11.3 Å². The number of benzene rings is 2. The van der Waals surface area contributed by atoms with Crippen LogP contribution in [-0.4, -0.2) is 84.3 Å². The topological polar surface area (TPSA) is 109 Å². The van der Waals surface area contributed by atoms with Crippen LogP contribution in [0, 0.1) is 6.92 Å². The standard InChI is InChI=1S/C16H14N2O5S2.2Na.2H/c1-9-13(8-15(23-2)24-9)17-18-16-12-5-4-11(25(20,21)22)7-10(12)3-6-14(16)19;;;;/h3-8,19H,1-2H3,(H,20,21,22);;;;. The molecule has 3 aromatic rings. The fraction of sp³-hybridized carbons (Fsp3) is 0.125. The second-order valence-corrected chi connectivity index (χ2v) is 7.84. The fourth-order valence-electron chi connectivity index (χ4n) is 2.30. The number of fused-ring (bicyclic) bond motifs is 1. The van der Waals surface area contributed by atoms with E-state index >= 15 is 0 Å². The van der Waals surface area contributed by atoms with E-state index in [0.29, 0.717) is 21.5 Å². The summed E-state index contributed by atoms with van der Waals surface area (Å²) >= 11 is 1.43. The number of hydrogen-bond donors (Lipinski definition) is 2. The number of phenols is 1. The van der Waals surface area contributed by atoms with Gasteiger partial charge >= 0.3 is 59.1 Å². The summed E-state index contributed by atoms with van der Waals surface area (Å²) in [7, 11) is -2.74.